The van der Waals surface area contributed by atoms with Crippen LogP contribution in [0.1, 0.15) is 168 Å². The molecule has 12 aliphatic rings. The smallest absolute Gasteiger partial charge is 0.318 e. The molecule has 8 aromatic rings. The average Bonchev–Trinajstić information content (AvgIpc) is 0.950. The highest BCUT2D eigenvalue weighted by Gasteiger charge is 2.45. The molecule has 8 aromatic carbocycles. The Hall–Kier alpha value is -9.60. The lowest BCUT2D eigenvalue weighted by molar-refractivity contribution is 0.172. The van der Waals surface area contributed by atoms with Crippen molar-refractivity contribution in [3.63, 3.8) is 0 Å². The Morgan fingerprint density at radius 1 is 0.250 bits per heavy atom. The van der Waals surface area contributed by atoms with E-state index in [4.69, 9.17) is 0 Å². The zero-order chi connectivity index (χ0) is 76.3. The number of nitrogens with one attached hydrogen (secondary N) is 4. The van der Waals surface area contributed by atoms with Crippen LogP contribution in [0.3, 0.4) is 0 Å². The minimum Gasteiger partial charge on any atom is -0.334 e. The van der Waals surface area contributed by atoms with Crippen molar-refractivity contribution in [1.82, 2.24) is 60.5 Å². The third-order valence-electron chi connectivity index (χ3n) is 26.6. The molecule has 12 heterocycles. The van der Waals surface area contributed by atoms with Crippen molar-refractivity contribution in [2.24, 2.45) is 0 Å². The fourth-order valence-corrected chi connectivity index (χ4v) is 21.1. The molecule has 16 nitrogen and oxygen atoms in total. The summed E-state index contributed by atoms with van der Waals surface area (Å²) in [6.07, 6.45) is 17.1. The second kappa shape index (κ2) is 33.6. The van der Waals surface area contributed by atoms with E-state index in [-0.39, 0.29) is 95.7 Å². The van der Waals surface area contributed by atoms with Gasteiger partial charge in [0.1, 0.15) is 23.3 Å². The predicted octanol–water partition coefficient (Wildman–Crippen LogP) is 14.9. The first-order chi connectivity index (χ1) is 54.8. The predicted molar refractivity (Wildman–Crippen MR) is 427 cm³/mol. The molecule has 584 valence electrons. The molecule has 20 heteroatoms. The van der Waals surface area contributed by atoms with E-state index in [0.29, 0.717) is 50.3 Å². The van der Waals surface area contributed by atoms with E-state index in [0.717, 1.165) is 148 Å². The maximum atomic E-state index is 13.5. The van der Waals surface area contributed by atoms with E-state index in [2.05, 4.69) is 89.4 Å². The molecule has 12 aliphatic heterocycles. The molecule has 12 atom stereocenters. The molecule has 8 amide bonds. The molecule has 4 N–H and O–H groups in total. The summed E-state index contributed by atoms with van der Waals surface area (Å²) in [5.41, 5.74) is 13.5. The molecule has 0 aliphatic carbocycles. The fraction of sp³-hybridized carbons (Fsp3) is 0.435. The first-order valence-electron chi connectivity index (χ1n) is 41.4. The van der Waals surface area contributed by atoms with E-state index in [9.17, 15) is 36.7 Å². The molecular weight excluding hydrogens is 1410 g/mol. The molecule has 20 rings (SSSR count). The van der Waals surface area contributed by atoms with Gasteiger partial charge in [0.25, 0.3) is 0 Å². The van der Waals surface area contributed by atoms with Gasteiger partial charge in [0, 0.05) is 101 Å². The number of benzene rings is 8. The minimum atomic E-state index is -0.254. The van der Waals surface area contributed by atoms with Crippen molar-refractivity contribution < 1.29 is 36.7 Å². The molecule has 0 spiro atoms. The minimum absolute atomic E-state index is 0.00239. The number of hydrogen-bond donors (Lipinski definition) is 4. The number of fused-ring (bicyclic) bond motifs is 8. The monoisotopic (exact) mass is 1520 g/mol. The number of rotatable bonds is 8. The largest absolute Gasteiger partial charge is 0.334 e. The second-order valence-corrected chi connectivity index (χ2v) is 32.7. The van der Waals surface area contributed by atoms with Gasteiger partial charge in [-0.2, -0.15) is 0 Å². The normalized spacial score (nSPS) is 26.8. The summed E-state index contributed by atoms with van der Waals surface area (Å²) in [5, 5.41) is 13.3. The van der Waals surface area contributed by atoms with Crippen molar-refractivity contribution in [2.75, 3.05) is 78.5 Å². The highest BCUT2D eigenvalue weighted by molar-refractivity contribution is 5.79. The van der Waals surface area contributed by atoms with Gasteiger partial charge >= 0.3 is 24.1 Å². The van der Waals surface area contributed by atoms with Crippen molar-refractivity contribution in [2.45, 2.75) is 175 Å². The van der Waals surface area contributed by atoms with Gasteiger partial charge in [-0.25, -0.2) is 36.7 Å². The summed E-state index contributed by atoms with van der Waals surface area (Å²) in [4.78, 5) is 71.1. The first-order valence-corrected chi connectivity index (χ1v) is 41.4. The van der Waals surface area contributed by atoms with Gasteiger partial charge in [-0.1, -0.05) is 146 Å². The van der Waals surface area contributed by atoms with Crippen LogP contribution in [-0.4, -0.2) is 190 Å². The quantitative estimate of drug-likeness (QED) is 0.110. The highest BCUT2D eigenvalue weighted by Crippen LogP contribution is 2.42. The van der Waals surface area contributed by atoms with Gasteiger partial charge in [-0.3, -0.25) is 19.6 Å². The van der Waals surface area contributed by atoms with Gasteiger partial charge in [0.2, 0.25) is 0 Å². The van der Waals surface area contributed by atoms with Crippen molar-refractivity contribution >= 4 is 24.1 Å². The Labute approximate surface area is 655 Å². The molecule has 8 saturated heterocycles. The number of urea groups is 4. The van der Waals surface area contributed by atoms with Crippen molar-refractivity contribution in [1.29, 1.82) is 0 Å². The molecule has 0 bridgehead atoms. The van der Waals surface area contributed by atoms with Gasteiger partial charge in [0.05, 0.1) is 24.2 Å². The van der Waals surface area contributed by atoms with Crippen molar-refractivity contribution in [3.8, 4) is 0 Å². The number of carbonyl (C=O) groups excluding carboxylic acids is 4. The lowest BCUT2D eigenvalue weighted by Crippen LogP contribution is -2.51. The summed E-state index contributed by atoms with van der Waals surface area (Å²) < 4.78 is 54.0. The molecule has 8 fully saturated rings. The van der Waals surface area contributed by atoms with Gasteiger partial charge in [-0.05, 0) is 244 Å². The van der Waals surface area contributed by atoms with Crippen LogP contribution in [0.15, 0.2) is 194 Å². The SMILES string of the molecule is O=C(NC1CCN2CCC[C@@H]12)N1CCc2ccccc2[C@@H]1c1ccc(F)cc1.O=C(NC1CCN2CCC[C@H]12)N1CCc2ccccc2[C@@H]1c1ccc(F)cc1.O=C(N[C@H]1CCN2CCC[C@@H]12)N1CCc2ccccc2[C@@H]1c1ccc(F)cc1.O=C(N[C@H]1CCN2CCC[C@H]12)N1CCc2ccccc2[C@@H]1c1ccc(F)cc1. The first kappa shape index (κ1) is 75.1. The molecule has 0 saturated carbocycles. The molecule has 0 aromatic heterocycles. The standard InChI is InChI=1S/4C23H26FN3O/c4*24-18-9-7-17(8-10-18)22-19-5-2-1-4-16(19)11-15-27(22)23(28)25-20-12-14-26-13-3-6-21(20)26/h4*1-2,4-5,7-10,20-22H,3,6,11-15H2,(H,25,28)/t20?,21-,22+;20?,21-,22-;20-,21+,22-;20-,21-,22-/m1000/s1. The van der Waals surface area contributed by atoms with Crippen LogP contribution in [0.25, 0.3) is 0 Å². The van der Waals surface area contributed by atoms with Crippen LogP contribution in [0.4, 0.5) is 36.7 Å². The molecular formula is C92H104F4N12O4. The topological polar surface area (TPSA) is 142 Å². The van der Waals surface area contributed by atoms with Gasteiger partial charge in [-0.15, -0.1) is 0 Å². The number of amides is 8. The summed E-state index contributed by atoms with van der Waals surface area (Å²) in [5.74, 6) is -1.01. The summed E-state index contributed by atoms with van der Waals surface area (Å²) in [7, 11) is 0. The highest BCUT2D eigenvalue weighted by atomic mass is 19.1. The zero-order valence-electron chi connectivity index (χ0n) is 63.9. The third-order valence-corrected chi connectivity index (χ3v) is 26.6. The van der Waals surface area contributed by atoms with E-state index >= 15 is 0 Å². The Kier molecular flexibility index (Phi) is 22.5. The maximum absolute atomic E-state index is 13.5. The Balaban J connectivity index is 0.000000108. The number of hydrogen-bond acceptors (Lipinski definition) is 8. The van der Waals surface area contributed by atoms with Crippen LogP contribution in [0.2, 0.25) is 0 Å². The molecule has 2 unspecified atom stereocenters. The van der Waals surface area contributed by atoms with E-state index in [1.165, 1.54) is 122 Å². The van der Waals surface area contributed by atoms with E-state index in [1.807, 2.05) is 68.1 Å². The zero-order valence-corrected chi connectivity index (χ0v) is 63.9. The Morgan fingerprint density at radius 2 is 0.455 bits per heavy atom. The molecule has 112 heavy (non-hydrogen) atoms. The fourth-order valence-electron chi connectivity index (χ4n) is 21.1. The van der Waals surface area contributed by atoms with Crippen LogP contribution < -0.4 is 21.3 Å². The average molecular weight is 1520 g/mol. The summed E-state index contributed by atoms with van der Waals surface area (Å²) in [6.45, 7) is 11.7. The van der Waals surface area contributed by atoms with Crippen LogP contribution in [0.5, 0.6) is 0 Å². The molecule has 0 radical (unpaired) electrons. The van der Waals surface area contributed by atoms with E-state index in [1.54, 1.807) is 48.5 Å². The van der Waals surface area contributed by atoms with Gasteiger partial charge < -0.3 is 40.9 Å². The summed E-state index contributed by atoms with van der Waals surface area (Å²) in [6, 6.07) is 61.7. The van der Waals surface area contributed by atoms with Crippen molar-refractivity contribution in [3.05, 3.63) is 284 Å². The van der Waals surface area contributed by atoms with E-state index < -0.39 is 0 Å². The van der Waals surface area contributed by atoms with Crippen LogP contribution >= 0.6 is 0 Å². The van der Waals surface area contributed by atoms with Gasteiger partial charge in [0.15, 0.2) is 0 Å². The number of carbonyl (C=O) groups is 4. The van der Waals surface area contributed by atoms with Crippen LogP contribution in [0, 0.1) is 23.3 Å². The Morgan fingerprint density at radius 3 is 0.670 bits per heavy atom. The third kappa shape index (κ3) is 15.8. The summed E-state index contributed by atoms with van der Waals surface area (Å²) >= 11 is 0. The number of halogens is 4. The lowest BCUT2D eigenvalue weighted by atomic mass is 9.88. The van der Waals surface area contributed by atoms with Crippen LogP contribution in [-0.2, 0) is 25.7 Å². The lowest BCUT2D eigenvalue weighted by Gasteiger charge is -2.38. The number of nitrogens with zero attached hydrogens (tertiary/aromatic N) is 8. The maximum Gasteiger partial charge on any atom is 0.318 e. The second-order valence-electron chi connectivity index (χ2n) is 32.7. The Bertz CT molecular complexity index is 4050.